The molecule has 0 saturated carbocycles. The molecule has 2 aromatic rings. The minimum atomic E-state index is -3.13. The summed E-state index contributed by atoms with van der Waals surface area (Å²) in [7, 11) is -3.13. The summed E-state index contributed by atoms with van der Waals surface area (Å²) in [5, 5.41) is 1.68. The topological polar surface area (TPSA) is 40.6 Å². The number of rotatable bonds is 5. The molecular formula is C20H25FN2O2S2. The van der Waals surface area contributed by atoms with Gasteiger partial charge in [-0.05, 0) is 73.5 Å². The Bertz CT molecular complexity index is 872. The number of benzene rings is 1. The van der Waals surface area contributed by atoms with Gasteiger partial charge in [-0.15, -0.1) is 11.3 Å². The summed E-state index contributed by atoms with van der Waals surface area (Å²) >= 11 is 1.37. The summed E-state index contributed by atoms with van der Waals surface area (Å²) in [5.41, 5.74) is 2.07. The van der Waals surface area contributed by atoms with E-state index in [1.54, 1.807) is 0 Å². The molecule has 3 heterocycles. The number of thiophene rings is 1. The molecule has 7 heteroatoms. The van der Waals surface area contributed by atoms with E-state index in [-0.39, 0.29) is 11.1 Å². The first kappa shape index (κ1) is 18.9. The van der Waals surface area contributed by atoms with Gasteiger partial charge in [0.2, 0.25) is 0 Å². The van der Waals surface area contributed by atoms with Crippen LogP contribution >= 0.6 is 11.3 Å². The van der Waals surface area contributed by atoms with Crippen molar-refractivity contribution in [2.45, 2.75) is 35.1 Å². The predicted molar refractivity (Wildman–Crippen MR) is 108 cm³/mol. The van der Waals surface area contributed by atoms with E-state index in [1.807, 2.05) is 23.6 Å². The smallest absolute Gasteiger partial charge is 0.190 e. The first-order valence-corrected chi connectivity index (χ1v) is 12.0. The van der Waals surface area contributed by atoms with Crippen LogP contribution in [0.4, 0.5) is 10.1 Å². The first-order chi connectivity index (χ1) is 13.0. The fraction of sp³-hybridized carbons (Fsp3) is 0.500. The highest BCUT2D eigenvalue weighted by Gasteiger charge is 2.34. The maximum atomic E-state index is 13.1. The van der Waals surface area contributed by atoms with E-state index in [9.17, 15) is 12.8 Å². The van der Waals surface area contributed by atoms with Gasteiger partial charge in [0.15, 0.2) is 9.84 Å². The molecule has 1 aromatic heterocycles. The minimum Gasteiger partial charge on any atom is -0.369 e. The average Bonchev–Trinajstić information content (AvgIpc) is 3.15. The molecular weight excluding hydrogens is 383 g/mol. The lowest BCUT2D eigenvalue weighted by Gasteiger charge is -2.36. The summed E-state index contributed by atoms with van der Waals surface area (Å²) < 4.78 is 39.1. The Balaban J connectivity index is 1.25. The van der Waals surface area contributed by atoms with E-state index in [4.69, 9.17) is 0 Å². The third-order valence-corrected chi connectivity index (χ3v) is 9.57. The van der Waals surface area contributed by atoms with E-state index < -0.39 is 9.84 Å². The summed E-state index contributed by atoms with van der Waals surface area (Å²) in [6.45, 7) is 4.71. The number of sulfone groups is 1. The van der Waals surface area contributed by atoms with E-state index >= 15 is 0 Å². The molecule has 0 aliphatic carbocycles. The third kappa shape index (κ3) is 4.05. The van der Waals surface area contributed by atoms with Crippen LogP contribution in [-0.4, -0.2) is 51.3 Å². The van der Waals surface area contributed by atoms with Gasteiger partial charge < -0.3 is 4.90 Å². The van der Waals surface area contributed by atoms with Crippen molar-refractivity contribution in [1.29, 1.82) is 0 Å². The second-order valence-corrected chi connectivity index (χ2v) is 10.7. The molecule has 0 spiro atoms. The van der Waals surface area contributed by atoms with E-state index in [0.717, 1.165) is 69.7 Å². The largest absolute Gasteiger partial charge is 0.369 e. The van der Waals surface area contributed by atoms with Crippen molar-refractivity contribution in [1.82, 2.24) is 4.90 Å². The van der Waals surface area contributed by atoms with Gasteiger partial charge in [-0.2, -0.15) is 0 Å². The van der Waals surface area contributed by atoms with Crippen LogP contribution in [0.25, 0.3) is 0 Å². The minimum absolute atomic E-state index is 0.204. The molecule has 1 aromatic carbocycles. The molecule has 2 aliphatic rings. The molecule has 146 valence electrons. The average molecular weight is 409 g/mol. The second kappa shape index (κ2) is 7.89. The number of piperazine rings is 1. The van der Waals surface area contributed by atoms with E-state index in [1.165, 1.54) is 23.5 Å². The standard InChI is InChI=1S/C20H25FN2O2S2/c21-17-4-6-18(7-5-17)23-13-11-22(12-14-23)10-1-2-19-8-3-16-9-15-26-20(16)27(19,24)25/h4-7,9,15,19H,1-3,8,10-14H2. The number of hydrogen-bond acceptors (Lipinski definition) is 5. The molecule has 1 atom stereocenters. The van der Waals surface area contributed by atoms with Crippen molar-refractivity contribution in [3.8, 4) is 0 Å². The molecule has 27 heavy (non-hydrogen) atoms. The van der Waals surface area contributed by atoms with E-state index in [2.05, 4.69) is 9.80 Å². The highest BCUT2D eigenvalue weighted by Crippen LogP contribution is 2.35. The van der Waals surface area contributed by atoms with Gasteiger partial charge in [0.25, 0.3) is 0 Å². The zero-order chi connectivity index (χ0) is 18.9. The van der Waals surface area contributed by atoms with Crippen LogP contribution < -0.4 is 4.90 Å². The van der Waals surface area contributed by atoms with Gasteiger partial charge in [-0.1, -0.05) is 0 Å². The van der Waals surface area contributed by atoms with Crippen LogP contribution in [0, 0.1) is 5.82 Å². The van der Waals surface area contributed by atoms with Crippen molar-refractivity contribution in [3.05, 3.63) is 47.1 Å². The quantitative estimate of drug-likeness (QED) is 0.758. The zero-order valence-electron chi connectivity index (χ0n) is 15.3. The SMILES string of the molecule is O=S1(=O)c2sccc2CCC1CCCN1CCN(c2ccc(F)cc2)CC1. The van der Waals surface area contributed by atoms with Gasteiger partial charge in [0, 0.05) is 31.9 Å². The van der Waals surface area contributed by atoms with E-state index in [0.29, 0.717) is 4.21 Å². The maximum absolute atomic E-state index is 13.1. The predicted octanol–water partition coefficient (Wildman–Crippen LogP) is 3.58. The molecule has 1 fully saturated rings. The number of halogens is 1. The van der Waals surface area contributed by atoms with Crippen LogP contribution in [0.3, 0.4) is 0 Å². The van der Waals surface area contributed by atoms with Gasteiger partial charge in [0.05, 0.1) is 5.25 Å². The van der Waals surface area contributed by atoms with Crippen LogP contribution in [0.15, 0.2) is 39.9 Å². The zero-order valence-corrected chi connectivity index (χ0v) is 16.9. The van der Waals surface area contributed by atoms with Crippen LogP contribution in [0.1, 0.15) is 24.8 Å². The van der Waals surface area contributed by atoms with Gasteiger partial charge in [-0.25, -0.2) is 12.8 Å². The van der Waals surface area contributed by atoms with Crippen molar-refractivity contribution >= 4 is 26.9 Å². The third-order valence-electron chi connectivity index (χ3n) is 5.70. The number of hydrogen-bond donors (Lipinski definition) is 0. The van der Waals surface area contributed by atoms with Crippen molar-refractivity contribution in [3.63, 3.8) is 0 Å². The molecule has 0 radical (unpaired) electrons. The fourth-order valence-electron chi connectivity index (χ4n) is 4.10. The summed E-state index contributed by atoms with van der Waals surface area (Å²) in [6.07, 6.45) is 3.31. The summed E-state index contributed by atoms with van der Waals surface area (Å²) in [5.74, 6) is -0.204. The van der Waals surface area contributed by atoms with Crippen molar-refractivity contribution < 1.29 is 12.8 Å². The van der Waals surface area contributed by atoms with Crippen LogP contribution in [-0.2, 0) is 16.3 Å². The highest BCUT2D eigenvalue weighted by molar-refractivity contribution is 7.94. The van der Waals surface area contributed by atoms with Crippen LogP contribution in [0.5, 0.6) is 0 Å². The molecule has 0 amide bonds. The summed E-state index contributed by atoms with van der Waals surface area (Å²) in [4.78, 5) is 4.69. The molecule has 2 aliphatic heterocycles. The maximum Gasteiger partial charge on any atom is 0.190 e. The monoisotopic (exact) mass is 408 g/mol. The van der Waals surface area contributed by atoms with Crippen LogP contribution in [0.2, 0.25) is 0 Å². The lowest BCUT2D eigenvalue weighted by atomic mass is 10.1. The Morgan fingerprint density at radius 3 is 2.56 bits per heavy atom. The fourth-order valence-corrected chi connectivity index (χ4v) is 7.64. The number of fused-ring (bicyclic) bond motifs is 1. The van der Waals surface area contributed by atoms with Gasteiger partial charge in [-0.3, -0.25) is 4.90 Å². The number of nitrogens with zero attached hydrogens (tertiary/aromatic N) is 2. The van der Waals surface area contributed by atoms with Gasteiger partial charge in [0.1, 0.15) is 10.0 Å². The molecule has 0 N–H and O–H groups in total. The van der Waals surface area contributed by atoms with Crippen molar-refractivity contribution in [2.75, 3.05) is 37.6 Å². The molecule has 1 unspecified atom stereocenters. The van der Waals surface area contributed by atoms with Gasteiger partial charge >= 0.3 is 0 Å². The lowest BCUT2D eigenvalue weighted by molar-refractivity contribution is 0.252. The number of aryl methyl sites for hydroxylation is 1. The molecule has 4 nitrogen and oxygen atoms in total. The lowest BCUT2D eigenvalue weighted by Crippen LogP contribution is -2.46. The number of anilines is 1. The first-order valence-electron chi connectivity index (χ1n) is 9.57. The Labute approximate surface area is 164 Å². The molecule has 0 bridgehead atoms. The highest BCUT2D eigenvalue weighted by atomic mass is 32.2. The summed E-state index contributed by atoms with van der Waals surface area (Å²) in [6, 6.07) is 8.63. The normalized spacial score (nSPS) is 22.6. The second-order valence-electron chi connectivity index (χ2n) is 7.39. The Morgan fingerprint density at radius 2 is 1.81 bits per heavy atom. The Kier molecular flexibility index (Phi) is 5.53. The Hall–Kier alpha value is -1.44. The Morgan fingerprint density at radius 1 is 1.07 bits per heavy atom. The molecule has 1 saturated heterocycles. The van der Waals surface area contributed by atoms with Crippen molar-refractivity contribution in [2.24, 2.45) is 0 Å². The molecule has 4 rings (SSSR count).